The van der Waals surface area contributed by atoms with E-state index in [0.29, 0.717) is 23.8 Å². The summed E-state index contributed by atoms with van der Waals surface area (Å²) >= 11 is 0. The lowest BCUT2D eigenvalue weighted by Gasteiger charge is -2.48. The number of nitrogens with zero attached hydrogens (tertiary/aromatic N) is 7. The van der Waals surface area contributed by atoms with Crippen LogP contribution in [0.3, 0.4) is 0 Å². The smallest absolute Gasteiger partial charge is 0.281 e. The molecule has 2 aromatic carbocycles. The van der Waals surface area contributed by atoms with E-state index < -0.39 is 15.7 Å². The molecular weight excluding hydrogens is 594 g/mol. The largest absolute Gasteiger partial charge is 0.497 e. The molecule has 0 bridgehead atoms. The van der Waals surface area contributed by atoms with Crippen LogP contribution >= 0.6 is 0 Å². The molecular formula is C32H33N7O5S. The molecule has 2 aliphatic rings. The van der Waals surface area contributed by atoms with Crippen molar-refractivity contribution in [3.63, 3.8) is 0 Å². The topological polar surface area (TPSA) is 138 Å². The molecule has 13 heteroatoms. The van der Waals surface area contributed by atoms with Crippen LogP contribution in [-0.4, -0.2) is 72.0 Å². The van der Waals surface area contributed by atoms with Crippen LogP contribution in [0, 0.1) is 18.3 Å². The number of ether oxygens (including phenoxy) is 1. The number of carbonyl (C=O) groups is 1. The van der Waals surface area contributed by atoms with Gasteiger partial charge in [0.25, 0.3) is 10.2 Å². The summed E-state index contributed by atoms with van der Waals surface area (Å²) < 4.78 is 40.6. The standard InChI is InChI=1S/C32H33N7O5S/c1-22-16-34-31(44-22)26-13-25-8-7-24(14-29(25)38(30(40)15-26)18-23-5-9-28(43-4)10-6-23)27-17-35-39(19-27)32(11-12-33)20-37(21-32)45(41,42)36(2)3/h5-10,13-14,16-17,19H,11,15,18,20-21H2,1-4H3. The fraction of sp³-hybridized carbons (Fsp3) is 0.312. The quantitative estimate of drug-likeness (QED) is 0.271. The zero-order chi connectivity index (χ0) is 31.9. The maximum Gasteiger partial charge on any atom is 0.281 e. The summed E-state index contributed by atoms with van der Waals surface area (Å²) in [6.07, 6.45) is 7.33. The van der Waals surface area contributed by atoms with E-state index in [1.807, 2.05) is 61.7 Å². The number of rotatable bonds is 9. The summed E-state index contributed by atoms with van der Waals surface area (Å²) in [5, 5.41) is 14.2. The number of hydrogen-bond acceptors (Lipinski definition) is 8. The maximum absolute atomic E-state index is 13.8. The zero-order valence-electron chi connectivity index (χ0n) is 25.5. The van der Waals surface area contributed by atoms with Crippen LogP contribution in [-0.2, 0) is 27.1 Å². The predicted octanol–water partition coefficient (Wildman–Crippen LogP) is 4.06. The van der Waals surface area contributed by atoms with Crippen molar-refractivity contribution >= 4 is 33.5 Å². The number of oxazole rings is 1. The molecule has 4 aromatic rings. The van der Waals surface area contributed by atoms with Crippen molar-refractivity contribution in [1.29, 1.82) is 5.26 Å². The van der Waals surface area contributed by atoms with E-state index in [1.165, 1.54) is 18.4 Å². The van der Waals surface area contributed by atoms with Gasteiger partial charge in [-0.25, -0.2) is 4.98 Å². The maximum atomic E-state index is 13.8. The van der Waals surface area contributed by atoms with Crippen molar-refractivity contribution in [2.75, 3.05) is 39.2 Å². The monoisotopic (exact) mass is 627 g/mol. The van der Waals surface area contributed by atoms with Crippen molar-refractivity contribution in [2.24, 2.45) is 0 Å². The first-order chi connectivity index (χ1) is 21.5. The van der Waals surface area contributed by atoms with Crippen LogP contribution in [0.1, 0.15) is 35.6 Å². The molecule has 4 heterocycles. The van der Waals surface area contributed by atoms with E-state index >= 15 is 0 Å². The Hall–Kier alpha value is -4.77. The first-order valence-electron chi connectivity index (χ1n) is 14.3. The van der Waals surface area contributed by atoms with Crippen LogP contribution in [0.2, 0.25) is 0 Å². The SMILES string of the molecule is COc1ccc(CN2C(=O)CC(c3ncc(C)o3)=Cc3ccc(-c4cnn(C5(CC#N)CN(S(=O)(=O)N(C)C)C5)c4)cc32)cc1. The van der Waals surface area contributed by atoms with Crippen molar-refractivity contribution in [3.05, 3.63) is 83.8 Å². The summed E-state index contributed by atoms with van der Waals surface area (Å²) in [5.41, 5.74) is 4.00. The van der Waals surface area contributed by atoms with Crippen LogP contribution in [0.5, 0.6) is 5.75 Å². The molecule has 12 nitrogen and oxygen atoms in total. The highest BCUT2D eigenvalue weighted by molar-refractivity contribution is 7.86. The predicted molar refractivity (Wildman–Crippen MR) is 168 cm³/mol. The molecule has 2 aliphatic heterocycles. The number of amides is 1. The van der Waals surface area contributed by atoms with Gasteiger partial charge in [0.15, 0.2) is 0 Å². The Bertz CT molecular complexity index is 1930. The van der Waals surface area contributed by atoms with Crippen molar-refractivity contribution in [1.82, 2.24) is 23.4 Å². The van der Waals surface area contributed by atoms with E-state index in [0.717, 1.165) is 38.0 Å². The average Bonchev–Trinajstić information content (AvgIpc) is 3.64. The molecule has 45 heavy (non-hydrogen) atoms. The molecule has 0 aliphatic carbocycles. The number of methoxy groups -OCH3 is 1. The highest BCUT2D eigenvalue weighted by atomic mass is 32.2. The second-order valence-electron chi connectivity index (χ2n) is 11.5. The van der Waals surface area contributed by atoms with Crippen LogP contribution in [0.4, 0.5) is 5.69 Å². The second-order valence-corrected chi connectivity index (χ2v) is 13.7. The summed E-state index contributed by atoms with van der Waals surface area (Å²) in [7, 11) is 0.971. The van der Waals surface area contributed by atoms with Crippen molar-refractivity contribution < 1.29 is 22.4 Å². The highest BCUT2D eigenvalue weighted by Gasteiger charge is 2.50. The van der Waals surface area contributed by atoms with Crippen LogP contribution < -0.4 is 9.64 Å². The Morgan fingerprint density at radius 3 is 2.51 bits per heavy atom. The molecule has 232 valence electrons. The van der Waals surface area contributed by atoms with Gasteiger partial charge in [0.05, 0.1) is 50.6 Å². The Morgan fingerprint density at radius 2 is 1.87 bits per heavy atom. The van der Waals surface area contributed by atoms with E-state index in [1.54, 1.807) is 29.1 Å². The average molecular weight is 628 g/mol. The van der Waals surface area contributed by atoms with Gasteiger partial charge in [-0.2, -0.15) is 27.4 Å². The summed E-state index contributed by atoms with van der Waals surface area (Å²) in [6.45, 7) is 2.44. The van der Waals surface area contributed by atoms with E-state index in [4.69, 9.17) is 9.15 Å². The number of nitriles is 1. The molecule has 0 atom stereocenters. The van der Waals surface area contributed by atoms with Gasteiger partial charge in [0.2, 0.25) is 11.8 Å². The lowest BCUT2D eigenvalue weighted by molar-refractivity contribution is -0.117. The molecule has 0 N–H and O–H groups in total. The number of aromatic nitrogens is 3. The normalized spacial score (nSPS) is 16.5. The molecule has 0 radical (unpaired) electrons. The number of carbonyl (C=O) groups excluding carboxylic acids is 1. The Morgan fingerprint density at radius 1 is 1.11 bits per heavy atom. The van der Waals surface area contributed by atoms with E-state index in [-0.39, 0.29) is 31.8 Å². The van der Waals surface area contributed by atoms with Gasteiger partial charge in [0.1, 0.15) is 17.0 Å². The van der Waals surface area contributed by atoms with Gasteiger partial charge in [-0.3, -0.25) is 9.48 Å². The number of anilines is 1. The number of aryl methyl sites for hydroxylation is 1. The molecule has 6 rings (SSSR count). The number of hydrogen-bond donors (Lipinski definition) is 0. The second kappa shape index (κ2) is 11.6. The molecule has 1 fully saturated rings. The fourth-order valence-electron chi connectivity index (χ4n) is 5.66. The van der Waals surface area contributed by atoms with Crippen LogP contribution in [0.15, 0.2) is 65.5 Å². The van der Waals surface area contributed by atoms with Crippen molar-refractivity contribution in [3.8, 4) is 22.9 Å². The number of benzene rings is 2. The first kappa shape index (κ1) is 30.3. The van der Waals surface area contributed by atoms with Crippen LogP contribution in [0.25, 0.3) is 22.8 Å². The lowest BCUT2D eigenvalue weighted by Crippen LogP contribution is -2.65. The van der Waals surface area contributed by atoms with Gasteiger partial charge < -0.3 is 14.1 Å². The Kier molecular flexibility index (Phi) is 7.82. The van der Waals surface area contributed by atoms with Gasteiger partial charge >= 0.3 is 0 Å². The lowest BCUT2D eigenvalue weighted by atomic mass is 9.89. The minimum atomic E-state index is -3.61. The molecule has 0 unspecified atom stereocenters. The minimum Gasteiger partial charge on any atom is -0.497 e. The Labute approximate surface area is 261 Å². The molecule has 1 amide bonds. The zero-order valence-corrected chi connectivity index (χ0v) is 26.3. The fourth-order valence-corrected chi connectivity index (χ4v) is 6.93. The van der Waals surface area contributed by atoms with Crippen molar-refractivity contribution in [2.45, 2.75) is 31.8 Å². The minimum absolute atomic E-state index is 0.107. The van der Waals surface area contributed by atoms with E-state index in [2.05, 4.69) is 16.2 Å². The third-order valence-electron chi connectivity index (χ3n) is 8.23. The Balaban J connectivity index is 1.36. The third-order valence-corrected chi connectivity index (χ3v) is 10.1. The summed E-state index contributed by atoms with van der Waals surface area (Å²) in [4.78, 5) is 20.0. The summed E-state index contributed by atoms with van der Waals surface area (Å²) in [5.74, 6) is 1.70. The first-order valence-corrected chi connectivity index (χ1v) is 15.7. The highest BCUT2D eigenvalue weighted by Crippen LogP contribution is 2.39. The molecule has 1 saturated heterocycles. The molecule has 0 spiro atoms. The molecule has 0 saturated carbocycles. The van der Waals surface area contributed by atoms with Gasteiger partial charge in [-0.15, -0.1) is 0 Å². The van der Waals surface area contributed by atoms with Gasteiger partial charge in [0, 0.05) is 44.5 Å². The van der Waals surface area contributed by atoms with Gasteiger partial charge in [-0.1, -0.05) is 24.3 Å². The van der Waals surface area contributed by atoms with E-state index in [9.17, 15) is 18.5 Å². The van der Waals surface area contributed by atoms with Gasteiger partial charge in [-0.05, 0) is 47.9 Å². The summed E-state index contributed by atoms with van der Waals surface area (Å²) in [6, 6.07) is 15.7. The third kappa shape index (κ3) is 5.64. The number of fused-ring (bicyclic) bond motifs is 1. The molecule has 2 aromatic heterocycles.